The molecule has 0 bridgehead atoms. The highest BCUT2D eigenvalue weighted by Crippen LogP contribution is 2.26. The Balaban J connectivity index is 2.11. The van der Waals surface area contributed by atoms with Gasteiger partial charge in [0.2, 0.25) is 0 Å². The van der Waals surface area contributed by atoms with E-state index in [2.05, 4.69) is 94.2 Å². The summed E-state index contributed by atoms with van der Waals surface area (Å²) in [6, 6.07) is 9.11. The fourth-order valence-corrected chi connectivity index (χ4v) is 2.95. The van der Waals surface area contributed by atoms with Crippen molar-refractivity contribution in [2.75, 3.05) is 0 Å². The molecule has 23 heavy (non-hydrogen) atoms. The van der Waals surface area contributed by atoms with Crippen LogP contribution in [-0.4, -0.2) is 6.04 Å². The van der Waals surface area contributed by atoms with E-state index in [0.29, 0.717) is 17.9 Å². The molecule has 1 aliphatic rings. The fraction of sp³-hybridized carbons (Fsp3) is 0.364. The lowest BCUT2D eigenvalue weighted by Gasteiger charge is -2.27. The maximum Gasteiger partial charge on any atom is 0.0343 e. The Morgan fingerprint density at radius 3 is 2.48 bits per heavy atom. The van der Waals surface area contributed by atoms with Gasteiger partial charge in [-0.25, -0.2) is 0 Å². The fourth-order valence-electron chi connectivity index (χ4n) is 2.95. The molecule has 0 heterocycles. The third-order valence-electron chi connectivity index (χ3n) is 4.36. The number of hydrogen-bond donors (Lipinski definition) is 1. The van der Waals surface area contributed by atoms with Gasteiger partial charge in [0.1, 0.15) is 0 Å². The summed E-state index contributed by atoms with van der Waals surface area (Å²) in [6.07, 6.45) is 11.0. The lowest BCUT2D eigenvalue weighted by atomic mass is 9.85. The second-order valence-corrected chi connectivity index (χ2v) is 6.71. The topological polar surface area (TPSA) is 12.0 Å². The van der Waals surface area contributed by atoms with E-state index >= 15 is 0 Å². The smallest absolute Gasteiger partial charge is 0.0343 e. The largest absolute Gasteiger partial charge is 0.306 e. The van der Waals surface area contributed by atoms with Crippen molar-refractivity contribution in [2.24, 2.45) is 11.8 Å². The van der Waals surface area contributed by atoms with Gasteiger partial charge in [-0.2, -0.15) is 0 Å². The predicted octanol–water partition coefficient (Wildman–Crippen LogP) is 5.35. The third kappa shape index (κ3) is 4.80. The van der Waals surface area contributed by atoms with Gasteiger partial charge in [0.15, 0.2) is 0 Å². The normalized spacial score (nSPS) is 19.4. The van der Waals surface area contributed by atoms with Crippen molar-refractivity contribution in [3.63, 3.8) is 0 Å². The number of allylic oxidation sites excluding steroid dienone is 5. The van der Waals surface area contributed by atoms with Crippen LogP contribution in [0.3, 0.4) is 0 Å². The summed E-state index contributed by atoms with van der Waals surface area (Å²) in [5, 5.41) is 3.73. The molecule has 2 rings (SSSR count). The molecule has 0 saturated carbocycles. The van der Waals surface area contributed by atoms with Crippen LogP contribution in [-0.2, 0) is 6.54 Å². The molecule has 0 amide bonds. The molecule has 1 nitrogen and oxygen atoms in total. The van der Waals surface area contributed by atoms with Crippen LogP contribution in [0.2, 0.25) is 0 Å². The second kappa shape index (κ2) is 8.12. The molecular weight excluding hydrogens is 278 g/mol. The lowest BCUT2D eigenvalue weighted by molar-refractivity contribution is 0.448. The Kier molecular flexibility index (Phi) is 6.18. The van der Waals surface area contributed by atoms with Gasteiger partial charge in [0.25, 0.3) is 0 Å². The molecule has 2 atom stereocenters. The quantitative estimate of drug-likeness (QED) is 0.698. The van der Waals surface area contributed by atoms with Crippen LogP contribution in [0.1, 0.15) is 31.9 Å². The minimum absolute atomic E-state index is 0.322. The van der Waals surface area contributed by atoms with E-state index < -0.39 is 0 Å². The van der Waals surface area contributed by atoms with Crippen molar-refractivity contribution in [1.29, 1.82) is 0 Å². The highest BCUT2D eigenvalue weighted by atomic mass is 14.9. The zero-order chi connectivity index (χ0) is 16.8. The molecule has 0 radical (unpaired) electrons. The Morgan fingerprint density at radius 2 is 1.87 bits per heavy atom. The van der Waals surface area contributed by atoms with Crippen LogP contribution in [0, 0.1) is 18.8 Å². The van der Waals surface area contributed by atoms with Crippen LogP contribution in [0.15, 0.2) is 72.4 Å². The Bertz CT molecular complexity index is 614. The van der Waals surface area contributed by atoms with Gasteiger partial charge in [-0.15, -0.1) is 0 Å². The highest BCUT2D eigenvalue weighted by Gasteiger charge is 2.20. The maximum atomic E-state index is 4.15. The minimum atomic E-state index is 0.322. The van der Waals surface area contributed by atoms with Crippen molar-refractivity contribution >= 4 is 0 Å². The van der Waals surface area contributed by atoms with Gasteiger partial charge in [0.05, 0.1) is 0 Å². The summed E-state index contributed by atoms with van der Waals surface area (Å²) in [6.45, 7) is 13.8. The summed E-state index contributed by atoms with van der Waals surface area (Å²) in [4.78, 5) is 0. The molecule has 2 unspecified atom stereocenters. The number of rotatable bonds is 6. The van der Waals surface area contributed by atoms with Crippen molar-refractivity contribution < 1.29 is 0 Å². The maximum absolute atomic E-state index is 4.15. The van der Waals surface area contributed by atoms with Crippen molar-refractivity contribution in [3.8, 4) is 0 Å². The first-order valence-electron chi connectivity index (χ1n) is 8.51. The number of benzene rings is 1. The lowest BCUT2D eigenvalue weighted by Crippen LogP contribution is -2.35. The average Bonchev–Trinajstić information content (AvgIpc) is 2.52. The molecule has 1 aliphatic carbocycles. The summed E-state index contributed by atoms with van der Waals surface area (Å²) in [7, 11) is 0. The van der Waals surface area contributed by atoms with Gasteiger partial charge >= 0.3 is 0 Å². The van der Waals surface area contributed by atoms with Crippen molar-refractivity contribution in [3.05, 3.63) is 83.5 Å². The van der Waals surface area contributed by atoms with Gasteiger partial charge in [-0.3, -0.25) is 0 Å². The van der Waals surface area contributed by atoms with Crippen LogP contribution < -0.4 is 5.32 Å². The van der Waals surface area contributed by atoms with Crippen LogP contribution in [0.5, 0.6) is 0 Å². The molecule has 122 valence electrons. The highest BCUT2D eigenvalue weighted by molar-refractivity contribution is 5.42. The molecule has 1 N–H and O–H groups in total. The summed E-state index contributed by atoms with van der Waals surface area (Å²) in [5.74, 6) is 0.858. The van der Waals surface area contributed by atoms with Gasteiger partial charge in [-0.05, 0) is 36.5 Å². The van der Waals surface area contributed by atoms with Gasteiger partial charge < -0.3 is 5.32 Å². The van der Waals surface area contributed by atoms with E-state index in [4.69, 9.17) is 0 Å². The first kappa shape index (κ1) is 17.5. The summed E-state index contributed by atoms with van der Waals surface area (Å²) < 4.78 is 0. The SMILES string of the molecule is C=C1C=CC(C(NCc2ccc(C)cc2)C(C)C)=CC1C=CC. The van der Waals surface area contributed by atoms with E-state index in [0.717, 1.165) is 12.1 Å². The molecule has 1 heteroatoms. The van der Waals surface area contributed by atoms with E-state index in [1.165, 1.54) is 16.7 Å². The molecule has 0 aromatic heterocycles. The zero-order valence-corrected chi connectivity index (χ0v) is 14.8. The Morgan fingerprint density at radius 1 is 1.17 bits per heavy atom. The zero-order valence-electron chi connectivity index (χ0n) is 14.8. The first-order chi connectivity index (χ1) is 11.0. The van der Waals surface area contributed by atoms with Crippen LogP contribution in [0.25, 0.3) is 0 Å². The predicted molar refractivity (Wildman–Crippen MR) is 101 cm³/mol. The Hall–Kier alpha value is -1.86. The summed E-state index contributed by atoms with van der Waals surface area (Å²) in [5.41, 5.74) is 5.16. The van der Waals surface area contributed by atoms with Crippen LogP contribution >= 0.6 is 0 Å². The Labute approximate surface area is 141 Å². The molecule has 0 saturated heterocycles. The van der Waals surface area contributed by atoms with Crippen molar-refractivity contribution in [1.82, 2.24) is 5.32 Å². The molecule has 1 aromatic carbocycles. The number of nitrogens with one attached hydrogen (secondary N) is 1. The van der Waals surface area contributed by atoms with E-state index in [1.807, 2.05) is 0 Å². The number of aryl methyl sites for hydroxylation is 1. The second-order valence-electron chi connectivity index (χ2n) is 6.71. The molecule has 0 spiro atoms. The van der Waals surface area contributed by atoms with Gasteiger partial charge in [-0.1, -0.05) is 80.6 Å². The molecule has 1 aromatic rings. The van der Waals surface area contributed by atoms with Crippen LogP contribution in [0.4, 0.5) is 0 Å². The first-order valence-corrected chi connectivity index (χ1v) is 8.51. The molecule has 0 aliphatic heterocycles. The summed E-state index contributed by atoms with van der Waals surface area (Å²) >= 11 is 0. The number of hydrogen-bond acceptors (Lipinski definition) is 1. The average molecular weight is 307 g/mol. The van der Waals surface area contributed by atoms with E-state index in [-0.39, 0.29) is 0 Å². The third-order valence-corrected chi connectivity index (χ3v) is 4.36. The van der Waals surface area contributed by atoms with E-state index in [1.54, 1.807) is 0 Å². The van der Waals surface area contributed by atoms with E-state index in [9.17, 15) is 0 Å². The standard InChI is InChI=1S/C22H29N/c1-6-7-20-14-21(13-10-18(20)5)22(16(2)3)23-15-19-11-8-17(4)9-12-19/h6-14,16,20,22-23H,5,15H2,1-4H3. The molecular formula is C22H29N. The van der Waals surface area contributed by atoms with Gasteiger partial charge in [0, 0.05) is 18.5 Å². The molecule has 0 fully saturated rings. The van der Waals surface area contributed by atoms with Crippen molar-refractivity contribution in [2.45, 2.75) is 40.3 Å². The minimum Gasteiger partial charge on any atom is -0.306 e. The monoisotopic (exact) mass is 307 g/mol.